The third kappa shape index (κ3) is 4.66. The lowest BCUT2D eigenvalue weighted by atomic mass is 10.2. The van der Waals surface area contributed by atoms with E-state index in [1.54, 1.807) is 24.3 Å². The maximum Gasteiger partial charge on any atom is 0.342 e. The largest absolute Gasteiger partial charge is 0.507 e. The number of benzene rings is 2. The minimum absolute atomic E-state index is 0.0845. The van der Waals surface area contributed by atoms with Crippen LogP contribution in [-0.4, -0.2) is 36.8 Å². The highest BCUT2D eigenvalue weighted by Crippen LogP contribution is 2.25. The van der Waals surface area contributed by atoms with Crippen LogP contribution < -0.4 is 14.8 Å². The Balaban J connectivity index is 2.06. The molecule has 2 rings (SSSR count). The van der Waals surface area contributed by atoms with E-state index in [1.165, 1.54) is 32.2 Å². The molecular weight excluding hydrogens is 338 g/mol. The van der Waals surface area contributed by atoms with E-state index < -0.39 is 18.0 Å². The number of para-hydroxylation sites is 2. The number of amides is 1. The first kappa shape index (κ1) is 19.1. The van der Waals surface area contributed by atoms with E-state index in [9.17, 15) is 14.7 Å². The van der Waals surface area contributed by atoms with Gasteiger partial charge in [0.15, 0.2) is 6.10 Å². The Morgan fingerprint density at radius 3 is 2.62 bits per heavy atom. The molecule has 0 fully saturated rings. The van der Waals surface area contributed by atoms with E-state index in [4.69, 9.17) is 14.2 Å². The maximum absolute atomic E-state index is 12.3. The van der Waals surface area contributed by atoms with Crippen molar-refractivity contribution < 1.29 is 28.9 Å². The number of carbonyl (C=O) groups is 2. The number of aromatic hydroxyl groups is 1. The second-order valence-corrected chi connectivity index (χ2v) is 5.35. The molecule has 0 aliphatic rings. The average molecular weight is 359 g/mol. The molecule has 0 spiro atoms. The second-order valence-electron chi connectivity index (χ2n) is 5.35. The highest BCUT2D eigenvalue weighted by Gasteiger charge is 2.22. The van der Waals surface area contributed by atoms with Crippen molar-refractivity contribution >= 4 is 17.6 Å². The molecule has 0 aliphatic heterocycles. The van der Waals surface area contributed by atoms with Crippen LogP contribution in [0.2, 0.25) is 0 Å². The Labute approximate surface area is 151 Å². The third-order valence-corrected chi connectivity index (χ3v) is 3.52. The minimum Gasteiger partial charge on any atom is -0.507 e. The fraction of sp³-hybridized carbons (Fsp3) is 0.263. The average Bonchev–Trinajstić information content (AvgIpc) is 2.63. The number of phenolic OH excluding ortho intramolecular Hbond substituents is 1. The number of carbonyl (C=O) groups excluding carboxylic acids is 2. The first-order valence-corrected chi connectivity index (χ1v) is 8.07. The molecule has 0 aliphatic carbocycles. The molecule has 2 aromatic carbocycles. The summed E-state index contributed by atoms with van der Waals surface area (Å²) in [5.41, 5.74) is 0.394. The molecule has 7 heteroatoms. The van der Waals surface area contributed by atoms with Gasteiger partial charge in [-0.15, -0.1) is 0 Å². The summed E-state index contributed by atoms with van der Waals surface area (Å²) in [6, 6.07) is 11.1. The van der Waals surface area contributed by atoms with E-state index in [-0.39, 0.29) is 11.3 Å². The molecule has 0 radical (unpaired) electrons. The molecule has 2 N–H and O–H groups in total. The Morgan fingerprint density at radius 2 is 1.92 bits per heavy atom. The molecule has 0 heterocycles. The van der Waals surface area contributed by atoms with E-state index in [0.717, 1.165) is 0 Å². The zero-order valence-corrected chi connectivity index (χ0v) is 14.8. The smallest absolute Gasteiger partial charge is 0.342 e. The number of rotatable bonds is 7. The van der Waals surface area contributed by atoms with Crippen LogP contribution in [0, 0.1) is 0 Å². The van der Waals surface area contributed by atoms with Crippen molar-refractivity contribution in [3.63, 3.8) is 0 Å². The predicted molar refractivity (Wildman–Crippen MR) is 95.8 cm³/mol. The van der Waals surface area contributed by atoms with Gasteiger partial charge in [-0.25, -0.2) is 4.79 Å². The van der Waals surface area contributed by atoms with E-state index in [1.807, 2.05) is 6.92 Å². The van der Waals surface area contributed by atoms with Crippen molar-refractivity contribution in [1.82, 2.24) is 0 Å². The highest BCUT2D eigenvalue weighted by atomic mass is 16.5. The van der Waals surface area contributed by atoms with Gasteiger partial charge in [0.2, 0.25) is 0 Å². The Kier molecular flexibility index (Phi) is 6.43. The Morgan fingerprint density at radius 1 is 1.19 bits per heavy atom. The third-order valence-electron chi connectivity index (χ3n) is 3.52. The quantitative estimate of drug-likeness (QED) is 0.738. The number of ether oxygens (including phenoxy) is 3. The molecule has 1 unspecified atom stereocenters. The summed E-state index contributed by atoms with van der Waals surface area (Å²) >= 11 is 0. The summed E-state index contributed by atoms with van der Waals surface area (Å²) < 4.78 is 15.6. The lowest BCUT2D eigenvalue weighted by molar-refractivity contribution is -0.123. The monoisotopic (exact) mass is 359 g/mol. The number of phenols is 1. The topological polar surface area (TPSA) is 94.1 Å². The molecule has 0 saturated heterocycles. The molecule has 0 bridgehead atoms. The number of methoxy groups -OCH3 is 1. The maximum atomic E-state index is 12.3. The summed E-state index contributed by atoms with van der Waals surface area (Å²) in [6.45, 7) is 3.73. The number of nitrogens with one attached hydrogen (secondary N) is 1. The van der Waals surface area contributed by atoms with Crippen LogP contribution in [0.3, 0.4) is 0 Å². The number of hydrogen-bond donors (Lipinski definition) is 2. The fourth-order valence-corrected chi connectivity index (χ4v) is 2.17. The van der Waals surface area contributed by atoms with Gasteiger partial charge in [-0.1, -0.05) is 12.1 Å². The lowest BCUT2D eigenvalue weighted by Crippen LogP contribution is -2.30. The minimum atomic E-state index is -1.08. The molecule has 0 aromatic heterocycles. The van der Waals surface area contributed by atoms with E-state index in [0.29, 0.717) is 23.8 Å². The predicted octanol–water partition coefficient (Wildman–Crippen LogP) is 2.98. The second kappa shape index (κ2) is 8.75. The standard InChI is InChI=1S/C19H21NO6/c1-4-25-17-8-6-5-7-15(17)20-18(22)12(2)26-19(23)14-11-13(24-3)9-10-16(14)21/h5-12,21H,4H2,1-3H3,(H,20,22). The zero-order chi connectivity index (χ0) is 19.1. The molecule has 2 aromatic rings. The fourth-order valence-electron chi connectivity index (χ4n) is 2.17. The van der Waals surface area contributed by atoms with Gasteiger partial charge in [0, 0.05) is 0 Å². The highest BCUT2D eigenvalue weighted by molar-refractivity contribution is 5.99. The van der Waals surface area contributed by atoms with Gasteiger partial charge in [0.05, 0.1) is 19.4 Å². The summed E-state index contributed by atoms with van der Waals surface area (Å²) in [5.74, 6) is -0.704. The SMILES string of the molecule is CCOc1ccccc1NC(=O)C(C)OC(=O)c1cc(OC)ccc1O. The van der Waals surface area contributed by atoms with Gasteiger partial charge in [0.25, 0.3) is 5.91 Å². The first-order chi connectivity index (χ1) is 12.5. The molecule has 1 atom stereocenters. The summed E-state index contributed by atoms with van der Waals surface area (Å²) in [4.78, 5) is 24.5. The summed E-state index contributed by atoms with van der Waals surface area (Å²) in [6.07, 6.45) is -1.08. The molecule has 138 valence electrons. The summed E-state index contributed by atoms with van der Waals surface area (Å²) in [5, 5.41) is 12.5. The van der Waals surface area contributed by atoms with Crippen LogP contribution >= 0.6 is 0 Å². The van der Waals surface area contributed by atoms with Crippen LogP contribution in [0.15, 0.2) is 42.5 Å². The van der Waals surface area contributed by atoms with Gasteiger partial charge >= 0.3 is 5.97 Å². The lowest BCUT2D eigenvalue weighted by Gasteiger charge is -2.16. The van der Waals surface area contributed by atoms with Gasteiger partial charge in [-0.2, -0.15) is 0 Å². The molecule has 1 amide bonds. The van der Waals surface area contributed by atoms with Crippen LogP contribution in [0.4, 0.5) is 5.69 Å². The van der Waals surface area contributed by atoms with Crippen LogP contribution in [0.1, 0.15) is 24.2 Å². The Hall–Kier alpha value is -3.22. The van der Waals surface area contributed by atoms with Gasteiger partial charge in [-0.05, 0) is 44.2 Å². The molecular formula is C19H21NO6. The zero-order valence-electron chi connectivity index (χ0n) is 14.8. The first-order valence-electron chi connectivity index (χ1n) is 8.07. The van der Waals surface area contributed by atoms with E-state index in [2.05, 4.69) is 5.32 Å². The van der Waals surface area contributed by atoms with Gasteiger partial charge in [0.1, 0.15) is 22.8 Å². The van der Waals surface area contributed by atoms with Crippen molar-refractivity contribution in [2.75, 3.05) is 19.0 Å². The van der Waals surface area contributed by atoms with Crippen molar-refractivity contribution in [3.05, 3.63) is 48.0 Å². The molecule has 26 heavy (non-hydrogen) atoms. The van der Waals surface area contributed by atoms with Crippen LogP contribution in [-0.2, 0) is 9.53 Å². The normalized spacial score (nSPS) is 11.3. The number of esters is 1. The number of hydrogen-bond acceptors (Lipinski definition) is 6. The van der Waals surface area contributed by atoms with Gasteiger partial charge < -0.3 is 24.6 Å². The molecule has 0 saturated carbocycles. The van der Waals surface area contributed by atoms with E-state index >= 15 is 0 Å². The molecule has 7 nitrogen and oxygen atoms in total. The van der Waals surface area contributed by atoms with Crippen LogP contribution in [0.5, 0.6) is 17.2 Å². The summed E-state index contributed by atoms with van der Waals surface area (Å²) in [7, 11) is 1.44. The van der Waals surface area contributed by atoms with Crippen molar-refractivity contribution in [1.29, 1.82) is 0 Å². The van der Waals surface area contributed by atoms with Crippen molar-refractivity contribution in [3.8, 4) is 17.2 Å². The van der Waals surface area contributed by atoms with Gasteiger partial charge in [-0.3, -0.25) is 4.79 Å². The van der Waals surface area contributed by atoms with Crippen LogP contribution in [0.25, 0.3) is 0 Å². The van der Waals surface area contributed by atoms with Crippen molar-refractivity contribution in [2.45, 2.75) is 20.0 Å². The van der Waals surface area contributed by atoms with Crippen molar-refractivity contribution in [2.24, 2.45) is 0 Å². The Bertz CT molecular complexity index is 789. The number of anilines is 1.